The summed E-state index contributed by atoms with van der Waals surface area (Å²) in [6, 6.07) is 6.53. The van der Waals surface area contributed by atoms with Crippen molar-refractivity contribution in [3.05, 3.63) is 46.3 Å². The van der Waals surface area contributed by atoms with E-state index in [1.807, 2.05) is 17.5 Å². The molecule has 1 amide bonds. The Morgan fingerprint density at radius 1 is 1.32 bits per heavy atom. The molecule has 0 aliphatic heterocycles. The van der Waals surface area contributed by atoms with Crippen LogP contribution in [0.15, 0.2) is 35.8 Å². The second-order valence-electron chi connectivity index (χ2n) is 4.41. The van der Waals surface area contributed by atoms with Crippen LogP contribution in [-0.2, 0) is 9.53 Å². The quantitative estimate of drug-likeness (QED) is 0.826. The molecule has 1 unspecified atom stereocenters. The van der Waals surface area contributed by atoms with Crippen molar-refractivity contribution < 1.29 is 19.1 Å². The van der Waals surface area contributed by atoms with Crippen molar-refractivity contribution in [1.29, 1.82) is 0 Å². The van der Waals surface area contributed by atoms with Crippen molar-refractivity contribution in [2.45, 2.75) is 12.5 Å². The van der Waals surface area contributed by atoms with Crippen LogP contribution in [0.2, 0.25) is 0 Å². The molecule has 2 aromatic heterocycles. The van der Waals surface area contributed by atoms with Crippen molar-refractivity contribution >= 4 is 23.2 Å². The zero-order valence-electron chi connectivity index (χ0n) is 12.2. The van der Waals surface area contributed by atoms with Crippen LogP contribution in [0.4, 0.5) is 0 Å². The summed E-state index contributed by atoms with van der Waals surface area (Å²) in [7, 11) is 2.83. The van der Waals surface area contributed by atoms with Gasteiger partial charge in [-0.05, 0) is 17.5 Å². The number of carbonyl (C=O) groups is 2. The number of carbonyl (C=O) groups excluding carboxylic acids is 2. The number of pyridine rings is 1. The number of thiophene rings is 1. The van der Waals surface area contributed by atoms with Crippen LogP contribution in [0.25, 0.3) is 0 Å². The molecule has 1 N–H and O–H groups in total. The Morgan fingerprint density at radius 3 is 2.68 bits per heavy atom. The molecule has 22 heavy (non-hydrogen) atoms. The first-order chi connectivity index (χ1) is 10.6. The fraction of sp³-hybridized carbons (Fsp3) is 0.267. The smallest absolute Gasteiger partial charge is 0.307 e. The number of esters is 1. The molecular weight excluding hydrogens is 304 g/mol. The molecule has 0 aliphatic carbocycles. The number of hydrogen-bond acceptors (Lipinski definition) is 6. The number of nitrogens with zero attached hydrogens (tertiary/aromatic N) is 1. The van der Waals surface area contributed by atoms with Crippen molar-refractivity contribution in [2.75, 3.05) is 14.2 Å². The van der Waals surface area contributed by atoms with E-state index < -0.39 is 6.04 Å². The minimum atomic E-state index is -0.429. The van der Waals surface area contributed by atoms with Crippen LogP contribution >= 0.6 is 11.3 Å². The van der Waals surface area contributed by atoms with Crippen molar-refractivity contribution in [3.63, 3.8) is 0 Å². The summed E-state index contributed by atoms with van der Waals surface area (Å²) in [6.45, 7) is 0. The molecule has 2 heterocycles. The molecule has 116 valence electrons. The van der Waals surface area contributed by atoms with E-state index in [-0.39, 0.29) is 18.3 Å². The maximum atomic E-state index is 12.3. The lowest BCUT2D eigenvalue weighted by Gasteiger charge is -2.16. The fourth-order valence-corrected chi connectivity index (χ4v) is 2.62. The molecule has 1 atom stereocenters. The summed E-state index contributed by atoms with van der Waals surface area (Å²) in [5.74, 6) is -0.259. The SMILES string of the molecule is COC(=O)CC(NC(=O)c1ccc(OC)nc1)c1cccs1. The molecule has 2 rings (SSSR count). The maximum absolute atomic E-state index is 12.3. The molecule has 0 radical (unpaired) electrons. The van der Waals surface area contributed by atoms with Gasteiger partial charge in [-0.3, -0.25) is 9.59 Å². The highest BCUT2D eigenvalue weighted by Crippen LogP contribution is 2.23. The second-order valence-corrected chi connectivity index (χ2v) is 5.39. The van der Waals surface area contributed by atoms with Gasteiger partial charge in [-0.25, -0.2) is 4.98 Å². The van der Waals surface area contributed by atoms with Crippen LogP contribution in [0.5, 0.6) is 5.88 Å². The predicted octanol–water partition coefficient (Wildman–Crippen LogP) is 2.19. The van der Waals surface area contributed by atoms with Crippen LogP contribution in [0, 0.1) is 0 Å². The van der Waals surface area contributed by atoms with Gasteiger partial charge in [-0.2, -0.15) is 0 Å². The first-order valence-electron chi connectivity index (χ1n) is 6.55. The van der Waals surface area contributed by atoms with E-state index in [1.54, 1.807) is 12.1 Å². The number of amides is 1. The van der Waals surface area contributed by atoms with Crippen LogP contribution in [0.1, 0.15) is 27.7 Å². The third-order valence-electron chi connectivity index (χ3n) is 3.00. The van der Waals surface area contributed by atoms with Gasteiger partial charge >= 0.3 is 5.97 Å². The minimum Gasteiger partial charge on any atom is -0.481 e. The minimum absolute atomic E-state index is 0.0757. The highest BCUT2D eigenvalue weighted by molar-refractivity contribution is 7.10. The Hall–Kier alpha value is -2.41. The summed E-state index contributed by atoms with van der Waals surface area (Å²) < 4.78 is 9.64. The number of aromatic nitrogens is 1. The van der Waals surface area contributed by atoms with Gasteiger partial charge in [0.15, 0.2) is 0 Å². The molecule has 0 saturated heterocycles. The third-order valence-corrected chi connectivity index (χ3v) is 3.98. The molecule has 0 aliphatic rings. The summed E-state index contributed by atoms with van der Waals surface area (Å²) in [5.41, 5.74) is 0.396. The van der Waals surface area contributed by atoms with Crippen LogP contribution < -0.4 is 10.1 Å². The predicted molar refractivity (Wildman–Crippen MR) is 81.9 cm³/mol. The number of nitrogens with one attached hydrogen (secondary N) is 1. The second kappa shape index (κ2) is 7.56. The molecule has 0 spiro atoms. The Labute approximate surface area is 132 Å². The highest BCUT2D eigenvalue weighted by Gasteiger charge is 2.20. The molecule has 0 bridgehead atoms. The van der Waals surface area contributed by atoms with E-state index in [1.165, 1.54) is 31.8 Å². The summed E-state index contributed by atoms with van der Waals surface area (Å²) in [6.07, 6.45) is 1.50. The zero-order chi connectivity index (χ0) is 15.9. The van der Waals surface area contributed by atoms with Crippen molar-refractivity contribution in [3.8, 4) is 5.88 Å². The van der Waals surface area contributed by atoms with Gasteiger partial charge in [-0.15, -0.1) is 11.3 Å². The van der Waals surface area contributed by atoms with E-state index >= 15 is 0 Å². The fourth-order valence-electron chi connectivity index (χ4n) is 1.84. The van der Waals surface area contributed by atoms with E-state index in [0.29, 0.717) is 11.4 Å². The topological polar surface area (TPSA) is 77.5 Å². The standard InChI is InChI=1S/C15H16N2O4S/c1-20-13-6-5-10(9-16-13)15(19)17-11(8-14(18)21-2)12-4-3-7-22-12/h3-7,9,11H,8H2,1-2H3,(H,17,19). The average Bonchev–Trinajstić information content (AvgIpc) is 3.08. The van der Waals surface area contributed by atoms with Crippen molar-refractivity contribution in [1.82, 2.24) is 10.3 Å². The Balaban J connectivity index is 2.11. The third kappa shape index (κ3) is 4.05. The Bertz CT molecular complexity index is 626. The molecule has 0 fully saturated rings. The Morgan fingerprint density at radius 2 is 2.14 bits per heavy atom. The maximum Gasteiger partial charge on any atom is 0.307 e. The van der Waals surface area contributed by atoms with Gasteiger partial charge in [0.05, 0.1) is 32.2 Å². The van der Waals surface area contributed by atoms with Gasteiger partial charge in [-0.1, -0.05) is 6.07 Å². The van der Waals surface area contributed by atoms with Gasteiger partial charge in [0.1, 0.15) is 0 Å². The molecule has 2 aromatic rings. The molecule has 7 heteroatoms. The zero-order valence-corrected chi connectivity index (χ0v) is 13.1. The molecule has 0 saturated carbocycles. The normalized spacial score (nSPS) is 11.5. The van der Waals surface area contributed by atoms with E-state index in [0.717, 1.165) is 4.88 Å². The van der Waals surface area contributed by atoms with Gasteiger partial charge in [0.25, 0.3) is 5.91 Å². The van der Waals surface area contributed by atoms with Crippen molar-refractivity contribution in [2.24, 2.45) is 0 Å². The summed E-state index contributed by atoms with van der Waals surface area (Å²) in [4.78, 5) is 28.7. The number of methoxy groups -OCH3 is 2. The van der Waals surface area contributed by atoms with Crippen LogP contribution in [-0.4, -0.2) is 31.1 Å². The van der Waals surface area contributed by atoms with E-state index in [2.05, 4.69) is 15.0 Å². The van der Waals surface area contributed by atoms with Gasteiger partial charge in [0.2, 0.25) is 5.88 Å². The number of ether oxygens (including phenoxy) is 2. The summed E-state index contributed by atoms with van der Waals surface area (Å²) >= 11 is 1.47. The molecule has 6 nitrogen and oxygen atoms in total. The average molecular weight is 320 g/mol. The lowest BCUT2D eigenvalue weighted by molar-refractivity contribution is -0.141. The monoisotopic (exact) mass is 320 g/mol. The highest BCUT2D eigenvalue weighted by atomic mass is 32.1. The largest absolute Gasteiger partial charge is 0.481 e. The Kier molecular flexibility index (Phi) is 5.48. The first-order valence-corrected chi connectivity index (χ1v) is 7.43. The number of hydrogen-bond donors (Lipinski definition) is 1. The number of rotatable bonds is 6. The lowest BCUT2D eigenvalue weighted by atomic mass is 10.1. The summed E-state index contributed by atoms with van der Waals surface area (Å²) in [5, 5.41) is 4.72. The first kappa shape index (κ1) is 16.0. The van der Waals surface area contributed by atoms with E-state index in [4.69, 9.17) is 4.74 Å². The lowest BCUT2D eigenvalue weighted by Crippen LogP contribution is -2.30. The van der Waals surface area contributed by atoms with Crippen LogP contribution in [0.3, 0.4) is 0 Å². The van der Waals surface area contributed by atoms with Gasteiger partial charge in [0, 0.05) is 17.1 Å². The molecular formula is C15H16N2O4S. The van der Waals surface area contributed by atoms with Gasteiger partial charge < -0.3 is 14.8 Å². The molecule has 0 aromatic carbocycles. The van der Waals surface area contributed by atoms with E-state index in [9.17, 15) is 9.59 Å².